The molecule has 88 valence electrons. The Bertz CT molecular complexity index is 252. The second-order valence-electron chi connectivity index (χ2n) is 4.32. The van der Waals surface area contributed by atoms with Gasteiger partial charge in [-0.1, -0.05) is 0 Å². The molecule has 1 amide bonds. The molecule has 1 atom stereocenters. The molecular formula is C10H19NO2S2. The molecular weight excluding hydrogens is 230 g/mol. The molecule has 5 heteroatoms. The third-order valence-corrected chi connectivity index (χ3v) is 4.29. The Morgan fingerprint density at radius 3 is 2.67 bits per heavy atom. The second kappa shape index (κ2) is 5.89. The van der Waals surface area contributed by atoms with Gasteiger partial charge in [-0.05, 0) is 30.4 Å². The van der Waals surface area contributed by atoms with Gasteiger partial charge >= 0.3 is 0 Å². The van der Waals surface area contributed by atoms with Gasteiger partial charge in [-0.25, -0.2) is 0 Å². The number of hydrogen-bond donors (Lipinski definition) is 2. The number of hydrogen-bond acceptors (Lipinski definition) is 3. The van der Waals surface area contributed by atoms with Crippen LogP contribution in [-0.4, -0.2) is 34.4 Å². The molecule has 1 unspecified atom stereocenters. The van der Waals surface area contributed by atoms with Crippen LogP contribution in [0.4, 0.5) is 0 Å². The molecule has 0 bridgehead atoms. The minimum Gasteiger partial charge on any atom is -0.356 e. The number of amides is 1. The molecule has 0 aromatic heterocycles. The average molecular weight is 249 g/mol. The summed E-state index contributed by atoms with van der Waals surface area (Å²) in [7, 11) is -0.752. The lowest BCUT2D eigenvalue weighted by Gasteiger charge is -2.11. The van der Waals surface area contributed by atoms with Gasteiger partial charge in [0.2, 0.25) is 5.91 Å². The SMILES string of the molecule is CS(=O)CCCNC(=O)CC1(CS)CC1. The van der Waals surface area contributed by atoms with Crippen molar-refractivity contribution in [3.8, 4) is 0 Å². The van der Waals surface area contributed by atoms with E-state index in [-0.39, 0.29) is 11.3 Å². The van der Waals surface area contributed by atoms with Crippen LogP contribution >= 0.6 is 12.6 Å². The van der Waals surface area contributed by atoms with Crippen molar-refractivity contribution < 1.29 is 9.00 Å². The minimum atomic E-state index is -0.752. The van der Waals surface area contributed by atoms with Gasteiger partial charge in [0, 0.05) is 35.8 Å². The average Bonchev–Trinajstić information content (AvgIpc) is 2.93. The van der Waals surface area contributed by atoms with E-state index in [4.69, 9.17) is 0 Å². The van der Waals surface area contributed by atoms with E-state index in [1.807, 2.05) is 0 Å². The molecule has 0 aromatic rings. The summed E-state index contributed by atoms with van der Waals surface area (Å²) in [5, 5.41) is 2.86. The van der Waals surface area contributed by atoms with Crippen molar-refractivity contribution >= 4 is 29.3 Å². The fourth-order valence-corrected chi connectivity index (χ4v) is 2.45. The molecule has 1 saturated carbocycles. The minimum absolute atomic E-state index is 0.114. The maximum absolute atomic E-state index is 11.5. The summed E-state index contributed by atoms with van der Waals surface area (Å²) in [5.41, 5.74) is 0.195. The second-order valence-corrected chi connectivity index (χ2v) is 6.19. The number of carbonyl (C=O) groups is 1. The predicted octanol–water partition coefficient (Wildman–Crippen LogP) is 0.971. The highest BCUT2D eigenvalue weighted by atomic mass is 32.2. The van der Waals surface area contributed by atoms with Crippen LogP contribution in [0.5, 0.6) is 0 Å². The Hall–Kier alpha value is -0.0300. The highest BCUT2D eigenvalue weighted by Gasteiger charge is 2.42. The topological polar surface area (TPSA) is 46.2 Å². The fourth-order valence-electron chi connectivity index (χ4n) is 1.47. The maximum Gasteiger partial charge on any atom is 0.220 e. The van der Waals surface area contributed by atoms with E-state index in [0.717, 1.165) is 25.0 Å². The molecule has 1 N–H and O–H groups in total. The molecule has 0 heterocycles. The summed E-state index contributed by atoms with van der Waals surface area (Å²) >= 11 is 4.25. The zero-order valence-corrected chi connectivity index (χ0v) is 10.8. The summed E-state index contributed by atoms with van der Waals surface area (Å²) in [4.78, 5) is 11.5. The Morgan fingerprint density at radius 2 is 2.20 bits per heavy atom. The molecule has 15 heavy (non-hydrogen) atoms. The molecule has 0 aliphatic heterocycles. The van der Waals surface area contributed by atoms with Crippen LogP contribution in [0.1, 0.15) is 25.7 Å². The number of rotatable bonds is 7. The van der Waals surface area contributed by atoms with Crippen molar-refractivity contribution in [3.05, 3.63) is 0 Å². The van der Waals surface area contributed by atoms with Crippen LogP contribution in [0.2, 0.25) is 0 Å². The van der Waals surface area contributed by atoms with Crippen molar-refractivity contribution in [1.82, 2.24) is 5.32 Å². The number of nitrogens with one attached hydrogen (secondary N) is 1. The van der Waals surface area contributed by atoms with Crippen LogP contribution < -0.4 is 5.32 Å². The Kier molecular flexibility index (Phi) is 5.12. The maximum atomic E-state index is 11.5. The van der Waals surface area contributed by atoms with Gasteiger partial charge in [-0.3, -0.25) is 9.00 Å². The van der Waals surface area contributed by atoms with Crippen molar-refractivity contribution in [3.63, 3.8) is 0 Å². The van der Waals surface area contributed by atoms with Gasteiger partial charge < -0.3 is 5.32 Å². The third-order valence-electron chi connectivity index (χ3n) is 2.76. The molecule has 0 aromatic carbocycles. The third kappa shape index (κ3) is 5.02. The molecule has 0 saturated heterocycles. The first-order chi connectivity index (χ1) is 7.08. The monoisotopic (exact) mass is 249 g/mol. The van der Waals surface area contributed by atoms with Gasteiger partial charge in [0.25, 0.3) is 0 Å². The van der Waals surface area contributed by atoms with E-state index < -0.39 is 10.8 Å². The van der Waals surface area contributed by atoms with E-state index in [1.165, 1.54) is 0 Å². The predicted molar refractivity (Wildman–Crippen MR) is 66.7 cm³/mol. The molecule has 1 fully saturated rings. The van der Waals surface area contributed by atoms with Crippen molar-refractivity contribution in [2.24, 2.45) is 5.41 Å². The fraction of sp³-hybridized carbons (Fsp3) is 0.900. The Balaban J connectivity index is 2.06. The van der Waals surface area contributed by atoms with Crippen LogP contribution in [0.15, 0.2) is 0 Å². The van der Waals surface area contributed by atoms with Gasteiger partial charge in [0.15, 0.2) is 0 Å². The summed E-state index contributed by atoms with van der Waals surface area (Å²) < 4.78 is 10.8. The zero-order valence-electron chi connectivity index (χ0n) is 9.12. The Labute approximate surface area is 99.3 Å². The van der Waals surface area contributed by atoms with E-state index >= 15 is 0 Å². The van der Waals surface area contributed by atoms with E-state index in [1.54, 1.807) is 6.26 Å². The molecule has 0 spiro atoms. The molecule has 1 aliphatic carbocycles. The van der Waals surface area contributed by atoms with E-state index in [0.29, 0.717) is 18.7 Å². The first-order valence-electron chi connectivity index (χ1n) is 5.26. The van der Waals surface area contributed by atoms with Crippen LogP contribution in [-0.2, 0) is 15.6 Å². The van der Waals surface area contributed by atoms with Gasteiger partial charge in [-0.2, -0.15) is 12.6 Å². The van der Waals surface area contributed by atoms with Crippen molar-refractivity contribution in [2.45, 2.75) is 25.7 Å². The summed E-state index contributed by atoms with van der Waals surface area (Å²) in [6.45, 7) is 0.640. The largest absolute Gasteiger partial charge is 0.356 e. The van der Waals surface area contributed by atoms with Crippen LogP contribution in [0, 0.1) is 5.41 Å². The highest BCUT2D eigenvalue weighted by Crippen LogP contribution is 2.49. The normalized spacial score (nSPS) is 19.6. The zero-order chi connectivity index (χ0) is 11.3. The molecule has 0 radical (unpaired) electrons. The van der Waals surface area contributed by atoms with Crippen LogP contribution in [0.3, 0.4) is 0 Å². The lowest BCUT2D eigenvalue weighted by atomic mass is 10.1. The van der Waals surface area contributed by atoms with Crippen molar-refractivity contribution in [2.75, 3.05) is 24.3 Å². The molecule has 1 rings (SSSR count). The van der Waals surface area contributed by atoms with E-state index in [9.17, 15) is 9.00 Å². The first-order valence-corrected chi connectivity index (χ1v) is 7.61. The molecule has 3 nitrogen and oxygen atoms in total. The highest BCUT2D eigenvalue weighted by molar-refractivity contribution is 7.84. The molecule has 1 aliphatic rings. The smallest absolute Gasteiger partial charge is 0.220 e. The van der Waals surface area contributed by atoms with Crippen LogP contribution in [0.25, 0.3) is 0 Å². The first kappa shape index (κ1) is 13.0. The summed E-state index contributed by atoms with van der Waals surface area (Å²) in [5.74, 6) is 1.58. The van der Waals surface area contributed by atoms with Gasteiger partial charge in [0.1, 0.15) is 0 Å². The van der Waals surface area contributed by atoms with E-state index in [2.05, 4.69) is 17.9 Å². The summed E-state index contributed by atoms with van der Waals surface area (Å²) in [6, 6.07) is 0. The van der Waals surface area contributed by atoms with Crippen molar-refractivity contribution in [1.29, 1.82) is 0 Å². The number of thiol groups is 1. The number of carbonyl (C=O) groups excluding carboxylic acids is 1. The lowest BCUT2D eigenvalue weighted by molar-refractivity contribution is -0.122. The Morgan fingerprint density at radius 1 is 1.53 bits per heavy atom. The quantitative estimate of drug-likeness (QED) is 0.522. The standard InChI is InChI=1S/C10H19NO2S2/c1-15(13)6-2-5-11-9(12)7-10(8-14)3-4-10/h14H,2-8H2,1H3,(H,11,12). The lowest BCUT2D eigenvalue weighted by Crippen LogP contribution is -2.28. The summed E-state index contributed by atoms with van der Waals surface area (Å²) in [6.07, 6.45) is 5.34. The van der Waals surface area contributed by atoms with Gasteiger partial charge in [-0.15, -0.1) is 0 Å². The van der Waals surface area contributed by atoms with Gasteiger partial charge in [0.05, 0.1) is 0 Å².